The first-order valence-electron chi connectivity index (χ1n) is 7.51. The summed E-state index contributed by atoms with van der Waals surface area (Å²) < 4.78 is 6.45. The number of nitrogens with zero attached hydrogens (tertiary/aromatic N) is 2. The van der Waals surface area contributed by atoms with Crippen molar-refractivity contribution in [1.29, 1.82) is 0 Å². The minimum atomic E-state index is -0.0879. The van der Waals surface area contributed by atoms with E-state index in [0.717, 1.165) is 29.5 Å². The van der Waals surface area contributed by atoms with Gasteiger partial charge in [-0.15, -0.1) is 11.3 Å². The Bertz CT molecular complexity index is 797. The molecule has 2 heterocycles. The number of thioether (sulfide) groups is 1. The van der Waals surface area contributed by atoms with Crippen molar-refractivity contribution >= 4 is 39.2 Å². The Balaban J connectivity index is 1.78. The van der Waals surface area contributed by atoms with Crippen molar-refractivity contribution in [2.45, 2.75) is 24.4 Å². The first-order chi connectivity index (χ1) is 11.1. The van der Waals surface area contributed by atoms with Crippen molar-refractivity contribution in [3.63, 3.8) is 0 Å². The summed E-state index contributed by atoms with van der Waals surface area (Å²) in [5.74, 6) is 0.149. The third kappa shape index (κ3) is 3.29. The zero-order chi connectivity index (χ0) is 16.4. The Morgan fingerprint density at radius 2 is 2.30 bits per heavy atom. The number of carbonyl (C=O) groups is 1. The monoisotopic (exact) mass is 353 g/mol. The molecule has 0 aromatic carbocycles. The molecule has 23 heavy (non-hydrogen) atoms. The average molecular weight is 353 g/mol. The Labute approximate surface area is 142 Å². The van der Waals surface area contributed by atoms with Crippen LogP contribution in [0.25, 0.3) is 10.2 Å². The fourth-order valence-electron chi connectivity index (χ4n) is 2.71. The Hall–Kier alpha value is -1.38. The summed E-state index contributed by atoms with van der Waals surface area (Å²) in [6, 6.07) is 0. The van der Waals surface area contributed by atoms with Crippen LogP contribution in [0.4, 0.5) is 0 Å². The SMILES string of the molecule is COCCNC(=O)CSc1nc2sc3c(c2c(=O)n1C)CCC3. The maximum Gasteiger partial charge on any atom is 0.262 e. The number of thiophene rings is 1. The molecule has 0 aliphatic heterocycles. The second-order valence-electron chi connectivity index (χ2n) is 5.43. The fraction of sp³-hybridized carbons (Fsp3) is 0.533. The van der Waals surface area contributed by atoms with E-state index in [9.17, 15) is 9.59 Å². The van der Waals surface area contributed by atoms with Crippen molar-refractivity contribution in [2.75, 3.05) is 26.0 Å². The van der Waals surface area contributed by atoms with Crippen LogP contribution in [0.15, 0.2) is 9.95 Å². The second-order valence-corrected chi connectivity index (χ2v) is 7.45. The lowest BCUT2D eigenvalue weighted by molar-refractivity contribution is -0.118. The summed E-state index contributed by atoms with van der Waals surface area (Å²) >= 11 is 2.91. The van der Waals surface area contributed by atoms with Gasteiger partial charge in [-0.3, -0.25) is 14.2 Å². The van der Waals surface area contributed by atoms with Crippen LogP contribution in [0, 0.1) is 0 Å². The highest BCUT2D eigenvalue weighted by Crippen LogP contribution is 2.35. The van der Waals surface area contributed by atoms with E-state index in [1.807, 2.05) is 0 Å². The van der Waals surface area contributed by atoms with Gasteiger partial charge in [0.15, 0.2) is 5.16 Å². The fourth-order valence-corrected chi connectivity index (χ4v) is 4.81. The molecular weight excluding hydrogens is 334 g/mol. The number of amides is 1. The minimum Gasteiger partial charge on any atom is -0.383 e. The molecule has 8 heteroatoms. The van der Waals surface area contributed by atoms with Crippen LogP contribution >= 0.6 is 23.1 Å². The second kappa shape index (κ2) is 7.02. The molecule has 2 aromatic heterocycles. The maximum absolute atomic E-state index is 12.6. The number of hydrogen-bond acceptors (Lipinski definition) is 6. The lowest BCUT2D eigenvalue weighted by Crippen LogP contribution is -2.29. The maximum atomic E-state index is 12.6. The predicted octanol–water partition coefficient (Wildman–Crippen LogP) is 1.34. The average Bonchev–Trinajstić information content (AvgIpc) is 3.10. The Morgan fingerprint density at radius 3 is 3.09 bits per heavy atom. The van der Waals surface area contributed by atoms with Crippen LogP contribution in [0.2, 0.25) is 0 Å². The van der Waals surface area contributed by atoms with E-state index >= 15 is 0 Å². The molecule has 0 bridgehead atoms. The molecule has 0 unspecified atom stereocenters. The van der Waals surface area contributed by atoms with Gasteiger partial charge in [0, 0.05) is 25.6 Å². The van der Waals surface area contributed by atoms with Crippen LogP contribution in [0.5, 0.6) is 0 Å². The molecule has 124 valence electrons. The van der Waals surface area contributed by atoms with E-state index in [1.54, 1.807) is 30.1 Å². The van der Waals surface area contributed by atoms with Gasteiger partial charge in [0.1, 0.15) is 4.83 Å². The highest BCUT2D eigenvalue weighted by molar-refractivity contribution is 7.99. The van der Waals surface area contributed by atoms with Gasteiger partial charge in [0.25, 0.3) is 5.56 Å². The number of methoxy groups -OCH3 is 1. The van der Waals surface area contributed by atoms with Gasteiger partial charge in [0.2, 0.25) is 5.91 Å². The lowest BCUT2D eigenvalue weighted by Gasteiger charge is -2.08. The number of carbonyl (C=O) groups excluding carboxylic acids is 1. The quantitative estimate of drug-likeness (QED) is 0.482. The van der Waals surface area contributed by atoms with E-state index in [-0.39, 0.29) is 17.2 Å². The highest BCUT2D eigenvalue weighted by atomic mass is 32.2. The van der Waals surface area contributed by atoms with Gasteiger partial charge in [-0.25, -0.2) is 4.98 Å². The largest absolute Gasteiger partial charge is 0.383 e. The van der Waals surface area contributed by atoms with Crippen LogP contribution in [-0.4, -0.2) is 41.5 Å². The Morgan fingerprint density at radius 1 is 1.48 bits per heavy atom. The van der Waals surface area contributed by atoms with Gasteiger partial charge in [-0.05, 0) is 24.8 Å². The molecule has 6 nitrogen and oxygen atoms in total. The number of rotatable bonds is 6. The van der Waals surface area contributed by atoms with E-state index in [0.29, 0.717) is 18.3 Å². The van der Waals surface area contributed by atoms with Gasteiger partial charge in [-0.2, -0.15) is 0 Å². The molecule has 1 amide bonds. The number of hydrogen-bond donors (Lipinski definition) is 1. The van der Waals surface area contributed by atoms with Crippen LogP contribution in [0.3, 0.4) is 0 Å². The van der Waals surface area contributed by atoms with Crippen molar-refractivity contribution in [3.05, 3.63) is 20.8 Å². The van der Waals surface area contributed by atoms with Crippen molar-refractivity contribution < 1.29 is 9.53 Å². The standard InChI is InChI=1S/C15H19N3O3S2/c1-18-14(20)12-9-4-3-5-10(9)23-13(12)17-15(18)22-8-11(19)16-6-7-21-2/h3-8H2,1-2H3,(H,16,19). The molecular formula is C15H19N3O3S2. The van der Waals surface area contributed by atoms with Gasteiger partial charge in [-0.1, -0.05) is 11.8 Å². The molecule has 0 spiro atoms. The molecule has 0 saturated heterocycles. The number of ether oxygens (including phenoxy) is 1. The smallest absolute Gasteiger partial charge is 0.262 e. The number of aromatic nitrogens is 2. The van der Waals surface area contributed by atoms with Crippen molar-refractivity contribution in [3.8, 4) is 0 Å². The Kier molecular flexibility index (Phi) is 5.03. The zero-order valence-electron chi connectivity index (χ0n) is 13.2. The van der Waals surface area contributed by atoms with E-state index < -0.39 is 0 Å². The predicted molar refractivity (Wildman–Crippen MR) is 92.5 cm³/mol. The summed E-state index contributed by atoms with van der Waals surface area (Å²) in [6.45, 7) is 0.971. The van der Waals surface area contributed by atoms with E-state index in [2.05, 4.69) is 10.3 Å². The molecule has 1 aliphatic carbocycles. The van der Waals surface area contributed by atoms with Crippen molar-refractivity contribution in [2.24, 2.45) is 7.05 Å². The molecule has 0 saturated carbocycles. The lowest BCUT2D eigenvalue weighted by atomic mass is 10.2. The summed E-state index contributed by atoms with van der Waals surface area (Å²) in [5.41, 5.74) is 1.18. The van der Waals surface area contributed by atoms with Crippen LogP contribution < -0.4 is 10.9 Å². The number of aryl methyl sites for hydroxylation is 2. The summed E-state index contributed by atoms with van der Waals surface area (Å²) in [5, 5.41) is 4.12. The van der Waals surface area contributed by atoms with Gasteiger partial charge >= 0.3 is 0 Å². The minimum absolute atomic E-state index is 0.00306. The van der Waals surface area contributed by atoms with E-state index in [4.69, 9.17) is 4.74 Å². The molecule has 0 fully saturated rings. The third-order valence-corrected chi connectivity index (χ3v) is 6.08. The van der Waals surface area contributed by atoms with Crippen molar-refractivity contribution in [1.82, 2.24) is 14.9 Å². The van der Waals surface area contributed by atoms with Gasteiger partial charge < -0.3 is 10.1 Å². The third-order valence-electron chi connectivity index (χ3n) is 3.87. The van der Waals surface area contributed by atoms with Crippen LogP contribution in [0.1, 0.15) is 16.9 Å². The zero-order valence-corrected chi connectivity index (χ0v) is 14.8. The molecule has 0 atom stereocenters. The summed E-state index contributed by atoms with van der Waals surface area (Å²) in [6.07, 6.45) is 3.14. The summed E-state index contributed by atoms with van der Waals surface area (Å²) in [7, 11) is 3.31. The molecule has 3 rings (SSSR count). The molecule has 1 aliphatic rings. The molecule has 1 N–H and O–H groups in total. The molecule has 2 aromatic rings. The van der Waals surface area contributed by atoms with Crippen LogP contribution in [-0.2, 0) is 29.4 Å². The van der Waals surface area contributed by atoms with Gasteiger partial charge in [0.05, 0.1) is 17.7 Å². The first kappa shape index (κ1) is 16.5. The number of nitrogens with one attached hydrogen (secondary N) is 1. The topological polar surface area (TPSA) is 73.2 Å². The summed E-state index contributed by atoms with van der Waals surface area (Å²) in [4.78, 5) is 31.1. The first-order valence-corrected chi connectivity index (χ1v) is 9.31. The molecule has 0 radical (unpaired) electrons. The normalized spacial score (nSPS) is 13.5. The number of fused-ring (bicyclic) bond motifs is 3. The highest BCUT2D eigenvalue weighted by Gasteiger charge is 2.22. The van der Waals surface area contributed by atoms with E-state index in [1.165, 1.54) is 22.2 Å².